The Labute approximate surface area is 111 Å². The number of nitrogens with one attached hydrogen (secondary N) is 2. The van der Waals surface area contributed by atoms with E-state index in [2.05, 4.69) is 20.6 Å². The highest BCUT2D eigenvalue weighted by Gasteiger charge is 2.26. The van der Waals surface area contributed by atoms with E-state index in [1.54, 1.807) is 12.3 Å². The first-order valence-electron chi connectivity index (χ1n) is 6.12. The summed E-state index contributed by atoms with van der Waals surface area (Å²) >= 11 is 0. The fourth-order valence-electron chi connectivity index (χ4n) is 1.82. The van der Waals surface area contributed by atoms with E-state index in [0.29, 0.717) is 18.7 Å². The Morgan fingerprint density at radius 2 is 2.37 bits per heavy atom. The molecule has 1 saturated heterocycles. The van der Waals surface area contributed by atoms with E-state index in [-0.39, 0.29) is 18.4 Å². The van der Waals surface area contributed by atoms with Gasteiger partial charge in [0.1, 0.15) is 17.7 Å². The molecular weight excluding hydrogens is 246 g/mol. The number of nitrogens with zero attached hydrogens (tertiary/aromatic N) is 3. The third kappa shape index (κ3) is 3.40. The molecule has 0 aliphatic carbocycles. The van der Waals surface area contributed by atoms with Crippen molar-refractivity contribution in [3.63, 3.8) is 0 Å². The van der Waals surface area contributed by atoms with Crippen LogP contribution in [0.2, 0.25) is 0 Å². The van der Waals surface area contributed by atoms with Crippen LogP contribution in [-0.4, -0.2) is 41.9 Å². The van der Waals surface area contributed by atoms with Crippen molar-refractivity contribution in [1.82, 2.24) is 20.6 Å². The summed E-state index contributed by atoms with van der Waals surface area (Å²) < 4.78 is 0. The van der Waals surface area contributed by atoms with E-state index in [0.717, 1.165) is 5.82 Å². The highest BCUT2D eigenvalue weighted by Crippen LogP contribution is 2.07. The van der Waals surface area contributed by atoms with Crippen LogP contribution < -0.4 is 15.5 Å². The van der Waals surface area contributed by atoms with Crippen molar-refractivity contribution in [2.75, 3.05) is 19.0 Å². The summed E-state index contributed by atoms with van der Waals surface area (Å²) in [5.41, 5.74) is 0. The van der Waals surface area contributed by atoms with E-state index in [4.69, 9.17) is 0 Å². The highest BCUT2D eigenvalue weighted by molar-refractivity contribution is 5.90. The number of aromatic nitrogens is 2. The van der Waals surface area contributed by atoms with Crippen LogP contribution in [0.15, 0.2) is 12.3 Å². The van der Waals surface area contributed by atoms with Crippen LogP contribution in [0.5, 0.6) is 0 Å². The number of rotatable bonds is 4. The Morgan fingerprint density at radius 1 is 1.58 bits per heavy atom. The molecule has 2 heterocycles. The van der Waals surface area contributed by atoms with Gasteiger partial charge in [0.05, 0.1) is 6.54 Å². The minimum atomic E-state index is -0.426. The number of carbonyl (C=O) groups excluding carboxylic acids is 2. The standard InChI is InChI=1S/C12H17N5O2/c1-17(2)10-5-6-13-9(16-10)7-14-12(19)8-3-4-11(18)15-8/h5-6,8H,3-4,7H2,1-2H3,(H,14,19)(H,15,18). The first-order valence-corrected chi connectivity index (χ1v) is 6.12. The van der Waals surface area contributed by atoms with E-state index in [1.807, 2.05) is 19.0 Å². The quantitative estimate of drug-likeness (QED) is 0.760. The third-order valence-electron chi connectivity index (χ3n) is 2.88. The molecule has 1 atom stereocenters. The second-order valence-corrected chi connectivity index (χ2v) is 4.60. The van der Waals surface area contributed by atoms with Gasteiger partial charge >= 0.3 is 0 Å². The molecule has 1 aliphatic rings. The molecule has 0 saturated carbocycles. The Hall–Kier alpha value is -2.18. The van der Waals surface area contributed by atoms with Gasteiger partial charge in [0.25, 0.3) is 0 Å². The van der Waals surface area contributed by atoms with Crippen LogP contribution in [0.1, 0.15) is 18.7 Å². The third-order valence-corrected chi connectivity index (χ3v) is 2.88. The van der Waals surface area contributed by atoms with Gasteiger partial charge in [-0.3, -0.25) is 9.59 Å². The summed E-state index contributed by atoms with van der Waals surface area (Å²) in [6.45, 7) is 0.257. The summed E-state index contributed by atoms with van der Waals surface area (Å²) in [6.07, 6.45) is 2.61. The molecule has 2 amide bonds. The van der Waals surface area contributed by atoms with Crippen molar-refractivity contribution in [3.8, 4) is 0 Å². The minimum absolute atomic E-state index is 0.0778. The van der Waals surface area contributed by atoms with Crippen molar-refractivity contribution in [1.29, 1.82) is 0 Å². The zero-order valence-corrected chi connectivity index (χ0v) is 11.0. The minimum Gasteiger partial charge on any atom is -0.363 e. The second-order valence-electron chi connectivity index (χ2n) is 4.60. The maximum atomic E-state index is 11.8. The highest BCUT2D eigenvalue weighted by atomic mass is 16.2. The Kier molecular flexibility index (Phi) is 3.94. The van der Waals surface area contributed by atoms with Gasteiger partial charge in [-0.1, -0.05) is 0 Å². The Morgan fingerprint density at radius 3 is 3.00 bits per heavy atom. The average molecular weight is 263 g/mol. The van der Waals surface area contributed by atoms with Crippen molar-refractivity contribution >= 4 is 17.6 Å². The van der Waals surface area contributed by atoms with Crippen LogP contribution in [0.3, 0.4) is 0 Å². The molecule has 1 aliphatic heterocycles. The number of anilines is 1. The summed E-state index contributed by atoms with van der Waals surface area (Å²) in [4.78, 5) is 33.1. The SMILES string of the molecule is CN(C)c1ccnc(CNC(=O)C2CCC(=O)N2)n1. The molecule has 0 radical (unpaired) electrons. The van der Waals surface area contributed by atoms with Gasteiger partial charge in [-0.2, -0.15) is 0 Å². The van der Waals surface area contributed by atoms with Gasteiger partial charge in [-0.05, 0) is 12.5 Å². The predicted octanol–water partition coefficient (Wildman–Crippen LogP) is -0.563. The van der Waals surface area contributed by atoms with E-state index < -0.39 is 6.04 Å². The first-order chi connectivity index (χ1) is 9.06. The largest absolute Gasteiger partial charge is 0.363 e. The molecule has 1 fully saturated rings. The van der Waals surface area contributed by atoms with Crippen LogP contribution >= 0.6 is 0 Å². The smallest absolute Gasteiger partial charge is 0.242 e. The number of hydrogen-bond acceptors (Lipinski definition) is 5. The summed E-state index contributed by atoms with van der Waals surface area (Å²) in [6, 6.07) is 1.37. The summed E-state index contributed by atoms with van der Waals surface area (Å²) in [5.74, 6) is 1.06. The summed E-state index contributed by atoms with van der Waals surface area (Å²) in [7, 11) is 3.78. The van der Waals surface area contributed by atoms with Crippen molar-refractivity contribution in [2.24, 2.45) is 0 Å². The number of hydrogen-bond donors (Lipinski definition) is 2. The number of carbonyl (C=O) groups is 2. The molecule has 7 heteroatoms. The van der Waals surface area contributed by atoms with Gasteiger partial charge in [-0.15, -0.1) is 0 Å². The molecule has 19 heavy (non-hydrogen) atoms. The van der Waals surface area contributed by atoms with Gasteiger partial charge in [0, 0.05) is 26.7 Å². The Bertz CT molecular complexity index is 489. The monoisotopic (exact) mass is 263 g/mol. The topological polar surface area (TPSA) is 87.2 Å². The van der Waals surface area contributed by atoms with Crippen molar-refractivity contribution < 1.29 is 9.59 Å². The average Bonchev–Trinajstić information content (AvgIpc) is 2.83. The number of amides is 2. The molecule has 0 aromatic carbocycles. The lowest BCUT2D eigenvalue weighted by Gasteiger charge is -2.13. The normalized spacial score (nSPS) is 18.0. The lowest BCUT2D eigenvalue weighted by Crippen LogP contribution is -2.41. The second kappa shape index (κ2) is 5.64. The summed E-state index contributed by atoms with van der Waals surface area (Å²) in [5, 5.41) is 5.35. The van der Waals surface area contributed by atoms with Crippen LogP contribution in [-0.2, 0) is 16.1 Å². The zero-order valence-electron chi connectivity index (χ0n) is 11.0. The maximum absolute atomic E-state index is 11.8. The van der Waals surface area contributed by atoms with E-state index in [9.17, 15) is 9.59 Å². The lowest BCUT2D eigenvalue weighted by atomic mass is 10.2. The van der Waals surface area contributed by atoms with Crippen LogP contribution in [0.25, 0.3) is 0 Å². The molecule has 1 unspecified atom stereocenters. The van der Waals surface area contributed by atoms with Gasteiger partial charge in [0.15, 0.2) is 0 Å². The van der Waals surface area contributed by atoms with Gasteiger partial charge in [0.2, 0.25) is 11.8 Å². The maximum Gasteiger partial charge on any atom is 0.242 e. The molecule has 7 nitrogen and oxygen atoms in total. The van der Waals surface area contributed by atoms with Crippen LogP contribution in [0.4, 0.5) is 5.82 Å². The molecule has 2 N–H and O–H groups in total. The van der Waals surface area contributed by atoms with Crippen LogP contribution in [0, 0.1) is 0 Å². The van der Waals surface area contributed by atoms with E-state index >= 15 is 0 Å². The fourth-order valence-corrected chi connectivity index (χ4v) is 1.82. The lowest BCUT2D eigenvalue weighted by molar-refractivity contribution is -0.125. The Balaban J connectivity index is 1.90. The molecule has 1 aromatic heterocycles. The molecular formula is C12H17N5O2. The first kappa shape index (κ1) is 13.3. The molecule has 2 rings (SSSR count). The molecule has 0 bridgehead atoms. The van der Waals surface area contributed by atoms with Gasteiger partial charge in [-0.25, -0.2) is 9.97 Å². The molecule has 1 aromatic rings. The fraction of sp³-hybridized carbons (Fsp3) is 0.500. The molecule has 102 valence electrons. The van der Waals surface area contributed by atoms with E-state index in [1.165, 1.54) is 0 Å². The molecule has 0 spiro atoms. The van der Waals surface area contributed by atoms with Gasteiger partial charge < -0.3 is 15.5 Å². The predicted molar refractivity (Wildman–Crippen MR) is 69.4 cm³/mol. The van der Waals surface area contributed by atoms with Crippen molar-refractivity contribution in [3.05, 3.63) is 18.1 Å². The van der Waals surface area contributed by atoms with Crippen molar-refractivity contribution in [2.45, 2.75) is 25.4 Å². The zero-order chi connectivity index (χ0) is 13.8.